The van der Waals surface area contributed by atoms with Crippen molar-refractivity contribution in [2.24, 2.45) is 0 Å². The third-order valence-electron chi connectivity index (χ3n) is 2.03. The summed E-state index contributed by atoms with van der Waals surface area (Å²) in [6.45, 7) is 3.77. The quantitative estimate of drug-likeness (QED) is 0.496. The molecule has 0 spiro atoms. The minimum Gasteiger partial charge on any atom is -0.454 e. The van der Waals surface area contributed by atoms with Crippen LogP contribution in [-0.4, -0.2) is 5.97 Å². The van der Waals surface area contributed by atoms with Crippen LogP contribution in [0.3, 0.4) is 0 Å². The van der Waals surface area contributed by atoms with Crippen molar-refractivity contribution in [3.63, 3.8) is 0 Å². The molecule has 1 rings (SSSR count). The van der Waals surface area contributed by atoms with Gasteiger partial charge in [0.25, 0.3) is 0 Å². The van der Waals surface area contributed by atoms with Crippen LogP contribution in [0.1, 0.15) is 31.2 Å². The van der Waals surface area contributed by atoms with Crippen LogP contribution in [0.4, 0.5) is 0 Å². The van der Waals surface area contributed by atoms with Crippen LogP contribution in [0.15, 0.2) is 28.5 Å². The van der Waals surface area contributed by atoms with Gasteiger partial charge in [-0.2, -0.15) is 12.6 Å². The number of ether oxygens (including phenoxy) is 1. The highest BCUT2D eigenvalue weighted by Crippen LogP contribution is 2.23. The van der Waals surface area contributed by atoms with E-state index in [2.05, 4.69) is 12.6 Å². The zero-order valence-corrected chi connectivity index (χ0v) is 10.5. The molecule has 0 radical (unpaired) electrons. The third-order valence-corrected chi connectivity index (χ3v) is 3.37. The molecular weight excluding hydrogens is 228 g/mol. The summed E-state index contributed by atoms with van der Waals surface area (Å²) in [5, 5.41) is 3.47. The molecule has 0 fully saturated rings. The molecular formula is C11H14O2S2. The van der Waals surface area contributed by atoms with Crippen LogP contribution in [0, 0.1) is 0 Å². The van der Waals surface area contributed by atoms with Gasteiger partial charge in [-0.3, -0.25) is 0 Å². The Kier molecular flexibility index (Phi) is 4.91. The van der Waals surface area contributed by atoms with Crippen molar-refractivity contribution in [1.29, 1.82) is 0 Å². The summed E-state index contributed by atoms with van der Waals surface area (Å²) >= 11 is 5.56. The summed E-state index contributed by atoms with van der Waals surface area (Å²) < 4.78 is 5.29. The molecule has 2 nitrogen and oxygen atoms in total. The molecule has 0 N–H and O–H groups in total. The number of carbonyl (C=O) groups is 1. The van der Waals surface area contributed by atoms with Crippen molar-refractivity contribution in [2.45, 2.75) is 26.4 Å². The van der Waals surface area contributed by atoms with Crippen molar-refractivity contribution in [2.75, 3.05) is 0 Å². The zero-order chi connectivity index (χ0) is 11.3. The Morgan fingerprint density at radius 3 is 2.93 bits per heavy atom. The zero-order valence-electron chi connectivity index (χ0n) is 8.77. The van der Waals surface area contributed by atoms with Gasteiger partial charge in [-0.05, 0) is 30.2 Å². The smallest absolute Gasteiger partial charge is 0.335 e. The fourth-order valence-corrected chi connectivity index (χ4v) is 2.10. The van der Waals surface area contributed by atoms with Crippen molar-refractivity contribution < 1.29 is 9.53 Å². The van der Waals surface area contributed by atoms with E-state index in [9.17, 15) is 4.79 Å². The van der Waals surface area contributed by atoms with E-state index < -0.39 is 0 Å². The van der Waals surface area contributed by atoms with Gasteiger partial charge in [0.05, 0.1) is 0 Å². The molecule has 0 aliphatic rings. The van der Waals surface area contributed by atoms with Crippen LogP contribution < -0.4 is 0 Å². The Balaban J connectivity index is 2.59. The average molecular weight is 242 g/mol. The number of rotatable bonds is 4. The van der Waals surface area contributed by atoms with Gasteiger partial charge < -0.3 is 4.74 Å². The minimum absolute atomic E-state index is 0.188. The lowest BCUT2D eigenvalue weighted by molar-refractivity contribution is -0.143. The first-order valence-corrected chi connectivity index (χ1v) is 6.16. The molecule has 1 atom stereocenters. The van der Waals surface area contributed by atoms with Crippen LogP contribution in [-0.2, 0) is 9.53 Å². The second-order valence-corrected chi connectivity index (χ2v) is 4.31. The van der Waals surface area contributed by atoms with Gasteiger partial charge in [-0.25, -0.2) is 4.79 Å². The fourth-order valence-electron chi connectivity index (χ4n) is 1.11. The van der Waals surface area contributed by atoms with Gasteiger partial charge in [0.15, 0.2) is 0 Å². The van der Waals surface area contributed by atoms with Crippen molar-refractivity contribution in [3.8, 4) is 0 Å². The lowest BCUT2D eigenvalue weighted by Crippen LogP contribution is -2.09. The summed E-state index contributed by atoms with van der Waals surface area (Å²) in [6, 6.07) is 3.90. The van der Waals surface area contributed by atoms with Crippen molar-refractivity contribution >= 4 is 29.9 Å². The molecule has 0 aliphatic heterocycles. The second kappa shape index (κ2) is 5.98. The van der Waals surface area contributed by atoms with E-state index in [1.165, 1.54) is 5.41 Å². The number of thiol groups is 1. The maximum Gasteiger partial charge on any atom is 0.335 e. The van der Waals surface area contributed by atoms with Gasteiger partial charge in [0.1, 0.15) is 6.10 Å². The number of thiophene rings is 1. The molecule has 15 heavy (non-hydrogen) atoms. The molecule has 0 aromatic carbocycles. The van der Waals surface area contributed by atoms with Gasteiger partial charge in [-0.1, -0.05) is 13.0 Å². The molecule has 0 amide bonds. The summed E-state index contributed by atoms with van der Waals surface area (Å²) in [6.07, 6.45) is 0.451. The van der Waals surface area contributed by atoms with E-state index in [1.807, 2.05) is 31.4 Å². The molecule has 82 valence electrons. The van der Waals surface area contributed by atoms with Crippen LogP contribution in [0.2, 0.25) is 0 Å². The average Bonchev–Trinajstić information content (AvgIpc) is 2.72. The SMILES string of the molecule is CCC(=CS)C(=O)OC(C)c1cccs1. The molecule has 4 heteroatoms. The molecule has 0 bridgehead atoms. The summed E-state index contributed by atoms with van der Waals surface area (Å²) in [7, 11) is 0. The van der Waals surface area contributed by atoms with Crippen LogP contribution in [0.5, 0.6) is 0 Å². The van der Waals surface area contributed by atoms with E-state index in [4.69, 9.17) is 4.74 Å². The summed E-state index contributed by atoms with van der Waals surface area (Å²) in [5.74, 6) is -0.284. The van der Waals surface area contributed by atoms with Gasteiger partial charge >= 0.3 is 5.97 Å². The number of hydrogen-bond acceptors (Lipinski definition) is 4. The van der Waals surface area contributed by atoms with E-state index in [0.29, 0.717) is 12.0 Å². The molecule has 1 unspecified atom stereocenters. The fraction of sp³-hybridized carbons (Fsp3) is 0.364. The normalized spacial score (nSPS) is 13.7. The maximum absolute atomic E-state index is 11.6. The second-order valence-electron chi connectivity index (χ2n) is 3.07. The monoisotopic (exact) mass is 242 g/mol. The lowest BCUT2D eigenvalue weighted by atomic mass is 10.2. The highest BCUT2D eigenvalue weighted by Gasteiger charge is 2.14. The number of hydrogen-bond donors (Lipinski definition) is 1. The van der Waals surface area contributed by atoms with E-state index in [-0.39, 0.29) is 12.1 Å². The molecule has 1 aromatic rings. The summed E-state index contributed by atoms with van der Waals surface area (Å²) in [5.41, 5.74) is 0.599. The first kappa shape index (κ1) is 12.3. The molecule has 1 heterocycles. The summed E-state index contributed by atoms with van der Waals surface area (Å²) in [4.78, 5) is 12.6. The predicted molar refractivity (Wildman–Crippen MR) is 66.2 cm³/mol. The Bertz CT molecular complexity index is 341. The van der Waals surface area contributed by atoms with Crippen molar-refractivity contribution in [1.82, 2.24) is 0 Å². The van der Waals surface area contributed by atoms with Crippen LogP contribution in [0.25, 0.3) is 0 Å². The highest BCUT2D eigenvalue weighted by atomic mass is 32.1. The van der Waals surface area contributed by atoms with E-state index in [1.54, 1.807) is 11.3 Å². The van der Waals surface area contributed by atoms with Gasteiger partial charge in [0.2, 0.25) is 0 Å². The Labute approximate surface area is 99.4 Å². The van der Waals surface area contributed by atoms with E-state index in [0.717, 1.165) is 4.88 Å². The minimum atomic E-state index is -0.284. The topological polar surface area (TPSA) is 26.3 Å². The third kappa shape index (κ3) is 3.39. The molecule has 0 aliphatic carbocycles. The van der Waals surface area contributed by atoms with Gasteiger partial charge in [-0.15, -0.1) is 11.3 Å². The van der Waals surface area contributed by atoms with Crippen LogP contribution >= 0.6 is 24.0 Å². The molecule has 0 saturated heterocycles. The van der Waals surface area contributed by atoms with Crippen molar-refractivity contribution in [3.05, 3.63) is 33.4 Å². The Morgan fingerprint density at radius 1 is 1.73 bits per heavy atom. The lowest BCUT2D eigenvalue weighted by Gasteiger charge is -2.12. The molecule has 1 aromatic heterocycles. The standard InChI is InChI=1S/C11H14O2S2/c1-3-9(7-14)11(12)13-8(2)10-5-4-6-15-10/h4-8,14H,3H2,1-2H3. The van der Waals surface area contributed by atoms with E-state index >= 15 is 0 Å². The first-order chi connectivity index (χ1) is 7.19. The highest BCUT2D eigenvalue weighted by molar-refractivity contribution is 7.83. The Hall–Kier alpha value is -0.740. The number of carbonyl (C=O) groups excluding carboxylic acids is 1. The largest absolute Gasteiger partial charge is 0.454 e. The predicted octanol–water partition coefficient (Wildman–Crippen LogP) is 3.58. The molecule has 0 saturated carbocycles. The number of esters is 1. The first-order valence-electron chi connectivity index (χ1n) is 4.76. The Morgan fingerprint density at radius 2 is 2.47 bits per heavy atom. The van der Waals surface area contributed by atoms with Gasteiger partial charge in [0, 0.05) is 10.5 Å². The maximum atomic E-state index is 11.6.